The van der Waals surface area contributed by atoms with Gasteiger partial charge in [0.15, 0.2) is 5.82 Å². The SMILES string of the molecule is Cc1nc(Cl)nc(Nc2ccc3ncsc3c2)c1N. The Bertz CT molecular complexity index is 755. The summed E-state index contributed by atoms with van der Waals surface area (Å²) in [4.78, 5) is 12.3. The Kier molecular flexibility index (Phi) is 2.96. The minimum Gasteiger partial charge on any atom is -0.394 e. The standard InChI is InChI=1S/C12H10ClN5S/c1-6-10(14)11(18-12(13)16-6)17-7-2-3-8-9(4-7)19-5-15-8/h2-5H,14H2,1H3,(H,16,17,18). The van der Waals surface area contributed by atoms with Gasteiger partial charge in [0.05, 0.1) is 27.1 Å². The van der Waals surface area contributed by atoms with Gasteiger partial charge in [-0.3, -0.25) is 0 Å². The second-order valence-corrected chi connectivity index (χ2v) is 5.22. The number of hydrogen-bond donors (Lipinski definition) is 2. The van der Waals surface area contributed by atoms with E-state index >= 15 is 0 Å². The number of benzene rings is 1. The van der Waals surface area contributed by atoms with Crippen LogP contribution in [0.25, 0.3) is 10.2 Å². The zero-order valence-electron chi connectivity index (χ0n) is 10.0. The van der Waals surface area contributed by atoms with Crippen LogP contribution in [-0.2, 0) is 0 Å². The summed E-state index contributed by atoms with van der Waals surface area (Å²) in [5, 5.41) is 3.33. The van der Waals surface area contributed by atoms with Gasteiger partial charge in [-0.25, -0.2) is 9.97 Å². The van der Waals surface area contributed by atoms with E-state index in [2.05, 4.69) is 20.3 Å². The molecule has 0 atom stereocenters. The largest absolute Gasteiger partial charge is 0.394 e. The van der Waals surface area contributed by atoms with E-state index in [1.54, 1.807) is 18.3 Å². The van der Waals surface area contributed by atoms with Crippen molar-refractivity contribution in [3.8, 4) is 0 Å². The first kappa shape index (κ1) is 12.1. The molecule has 0 aliphatic heterocycles. The number of aryl methyl sites for hydroxylation is 1. The lowest BCUT2D eigenvalue weighted by atomic mass is 10.3. The molecule has 0 amide bonds. The van der Waals surface area contributed by atoms with Crippen molar-refractivity contribution in [1.82, 2.24) is 15.0 Å². The Morgan fingerprint density at radius 1 is 1.32 bits per heavy atom. The summed E-state index contributed by atoms with van der Waals surface area (Å²) in [5.41, 5.74) is 10.8. The van der Waals surface area contributed by atoms with Crippen LogP contribution in [0.5, 0.6) is 0 Å². The third-order valence-corrected chi connectivity index (χ3v) is 3.66. The monoisotopic (exact) mass is 291 g/mol. The second kappa shape index (κ2) is 4.64. The lowest BCUT2D eigenvalue weighted by Gasteiger charge is -2.10. The van der Waals surface area contributed by atoms with Crippen molar-refractivity contribution in [2.75, 3.05) is 11.1 Å². The summed E-state index contributed by atoms with van der Waals surface area (Å²) < 4.78 is 1.10. The molecule has 0 aliphatic rings. The van der Waals surface area contributed by atoms with Crippen LogP contribution in [-0.4, -0.2) is 15.0 Å². The van der Waals surface area contributed by atoms with Crippen molar-refractivity contribution < 1.29 is 0 Å². The molecule has 0 bridgehead atoms. The van der Waals surface area contributed by atoms with Gasteiger partial charge in [0.1, 0.15) is 0 Å². The fraction of sp³-hybridized carbons (Fsp3) is 0.0833. The fourth-order valence-corrected chi connectivity index (χ4v) is 2.64. The number of nitrogen functional groups attached to an aromatic ring is 1. The zero-order valence-corrected chi connectivity index (χ0v) is 11.6. The van der Waals surface area contributed by atoms with Crippen molar-refractivity contribution in [2.24, 2.45) is 0 Å². The molecule has 3 aromatic rings. The van der Waals surface area contributed by atoms with Crippen LogP contribution >= 0.6 is 22.9 Å². The molecular weight excluding hydrogens is 282 g/mol. The van der Waals surface area contributed by atoms with Crippen LogP contribution in [0, 0.1) is 6.92 Å². The summed E-state index contributed by atoms with van der Waals surface area (Å²) in [7, 11) is 0. The van der Waals surface area contributed by atoms with Crippen LogP contribution in [0.15, 0.2) is 23.7 Å². The van der Waals surface area contributed by atoms with Gasteiger partial charge >= 0.3 is 0 Å². The first-order valence-corrected chi connectivity index (χ1v) is 6.79. The Hall–Kier alpha value is -1.92. The molecule has 0 fully saturated rings. The average Bonchev–Trinajstić information content (AvgIpc) is 2.82. The van der Waals surface area contributed by atoms with Gasteiger partial charge in [-0.1, -0.05) is 0 Å². The third kappa shape index (κ3) is 2.32. The van der Waals surface area contributed by atoms with Crippen molar-refractivity contribution in [3.05, 3.63) is 34.7 Å². The van der Waals surface area contributed by atoms with Crippen molar-refractivity contribution in [1.29, 1.82) is 0 Å². The molecule has 0 saturated carbocycles. The quantitative estimate of drug-likeness (QED) is 0.708. The van der Waals surface area contributed by atoms with Gasteiger partial charge < -0.3 is 11.1 Å². The summed E-state index contributed by atoms with van der Waals surface area (Å²) in [5.74, 6) is 0.515. The highest BCUT2D eigenvalue weighted by Gasteiger charge is 2.08. The first-order chi connectivity index (χ1) is 9.13. The third-order valence-electron chi connectivity index (χ3n) is 2.70. The molecule has 0 unspecified atom stereocenters. The van der Waals surface area contributed by atoms with E-state index in [1.165, 1.54) is 0 Å². The number of fused-ring (bicyclic) bond motifs is 1. The molecule has 1 aromatic carbocycles. The van der Waals surface area contributed by atoms with Crippen LogP contribution in [0.4, 0.5) is 17.2 Å². The smallest absolute Gasteiger partial charge is 0.224 e. The average molecular weight is 292 g/mol. The van der Waals surface area contributed by atoms with Crippen molar-refractivity contribution in [3.63, 3.8) is 0 Å². The topological polar surface area (TPSA) is 76.7 Å². The molecule has 2 aromatic heterocycles. The summed E-state index contributed by atoms with van der Waals surface area (Å²) in [6.07, 6.45) is 0. The first-order valence-electron chi connectivity index (χ1n) is 5.53. The van der Waals surface area contributed by atoms with Gasteiger partial charge in [0.2, 0.25) is 5.28 Å². The maximum atomic E-state index is 5.94. The van der Waals surface area contributed by atoms with Crippen LogP contribution in [0.2, 0.25) is 5.28 Å². The molecule has 3 rings (SSSR count). The van der Waals surface area contributed by atoms with Crippen LogP contribution in [0.1, 0.15) is 5.69 Å². The zero-order chi connectivity index (χ0) is 13.4. The van der Waals surface area contributed by atoms with E-state index < -0.39 is 0 Å². The Morgan fingerprint density at radius 2 is 2.16 bits per heavy atom. The molecule has 0 radical (unpaired) electrons. The van der Waals surface area contributed by atoms with Crippen molar-refractivity contribution >= 4 is 50.3 Å². The molecule has 0 spiro atoms. The maximum Gasteiger partial charge on any atom is 0.224 e. The molecule has 7 heteroatoms. The lowest BCUT2D eigenvalue weighted by molar-refractivity contribution is 1.11. The normalized spacial score (nSPS) is 10.8. The molecule has 0 aliphatic carbocycles. The van der Waals surface area contributed by atoms with E-state index in [1.807, 2.05) is 23.7 Å². The predicted octanol–water partition coefficient (Wildman–Crippen LogP) is 3.37. The molecule has 0 saturated heterocycles. The number of aromatic nitrogens is 3. The minimum atomic E-state index is 0.174. The summed E-state index contributed by atoms with van der Waals surface area (Å²) in [6.45, 7) is 1.79. The Morgan fingerprint density at radius 3 is 3.00 bits per heavy atom. The number of hydrogen-bond acceptors (Lipinski definition) is 6. The van der Waals surface area contributed by atoms with E-state index in [9.17, 15) is 0 Å². The van der Waals surface area contributed by atoms with Crippen LogP contribution in [0.3, 0.4) is 0 Å². The maximum absolute atomic E-state index is 5.94. The van der Waals surface area contributed by atoms with Gasteiger partial charge in [-0.15, -0.1) is 11.3 Å². The van der Waals surface area contributed by atoms with Crippen LogP contribution < -0.4 is 11.1 Å². The fourth-order valence-electron chi connectivity index (χ4n) is 1.71. The number of halogens is 1. The van der Waals surface area contributed by atoms with E-state index in [0.29, 0.717) is 17.2 Å². The molecular formula is C12H10ClN5S. The number of nitrogens with zero attached hydrogens (tertiary/aromatic N) is 3. The lowest BCUT2D eigenvalue weighted by Crippen LogP contribution is -2.03. The summed E-state index contributed by atoms with van der Waals surface area (Å²) in [6, 6.07) is 5.87. The van der Waals surface area contributed by atoms with Gasteiger partial charge in [-0.2, -0.15) is 4.98 Å². The summed E-state index contributed by atoms with van der Waals surface area (Å²) >= 11 is 7.42. The highest BCUT2D eigenvalue weighted by molar-refractivity contribution is 7.16. The number of rotatable bonds is 2. The molecule has 5 nitrogen and oxygen atoms in total. The van der Waals surface area contributed by atoms with E-state index in [0.717, 1.165) is 15.9 Å². The van der Waals surface area contributed by atoms with E-state index in [-0.39, 0.29) is 5.28 Å². The number of nitrogens with one attached hydrogen (secondary N) is 1. The number of anilines is 3. The number of thiazole rings is 1. The van der Waals surface area contributed by atoms with E-state index in [4.69, 9.17) is 17.3 Å². The highest BCUT2D eigenvalue weighted by Crippen LogP contribution is 2.27. The highest BCUT2D eigenvalue weighted by atomic mass is 35.5. The van der Waals surface area contributed by atoms with Crippen molar-refractivity contribution in [2.45, 2.75) is 6.92 Å². The molecule has 96 valence electrons. The Labute approximate surface area is 118 Å². The van der Waals surface area contributed by atoms with Gasteiger partial charge in [0, 0.05) is 5.69 Å². The molecule has 19 heavy (non-hydrogen) atoms. The minimum absolute atomic E-state index is 0.174. The number of nitrogens with two attached hydrogens (primary N) is 1. The molecule has 2 heterocycles. The molecule has 3 N–H and O–H groups in total. The Balaban J connectivity index is 2.00. The second-order valence-electron chi connectivity index (χ2n) is 4.00. The van der Waals surface area contributed by atoms with Gasteiger partial charge in [-0.05, 0) is 36.7 Å². The predicted molar refractivity (Wildman–Crippen MR) is 79.1 cm³/mol. The van der Waals surface area contributed by atoms with Gasteiger partial charge in [0.25, 0.3) is 0 Å².